The molecule has 0 aliphatic carbocycles. The molecule has 0 fully saturated rings. The molecular weight excluding hydrogens is 305 g/mol. The van der Waals surface area contributed by atoms with Crippen LogP contribution in [0.1, 0.15) is 25.5 Å². The van der Waals surface area contributed by atoms with E-state index in [1.54, 1.807) is 43.3 Å². The minimum Gasteiger partial charge on any atom is -0.481 e. The molecule has 1 amide bonds. The van der Waals surface area contributed by atoms with Crippen LogP contribution in [-0.2, 0) is 4.79 Å². The highest BCUT2D eigenvalue weighted by Crippen LogP contribution is 2.19. The van der Waals surface area contributed by atoms with Gasteiger partial charge >= 0.3 is 0 Å². The van der Waals surface area contributed by atoms with E-state index in [0.717, 1.165) is 5.56 Å². The molecule has 1 N–H and O–H groups in total. The fraction of sp³-hybridized carbons (Fsp3) is 0.235. The van der Waals surface area contributed by atoms with Gasteiger partial charge in [0.1, 0.15) is 11.6 Å². The van der Waals surface area contributed by atoms with Crippen LogP contribution in [0.3, 0.4) is 0 Å². The molecule has 0 bridgehead atoms. The molecule has 0 aromatic heterocycles. The number of amides is 1. The minimum atomic E-state index is -0.665. The maximum Gasteiger partial charge on any atom is 0.261 e. The average Bonchev–Trinajstić information content (AvgIpc) is 2.47. The lowest BCUT2D eigenvalue weighted by Gasteiger charge is -2.19. The lowest BCUT2D eigenvalue weighted by molar-refractivity contribution is -0.127. The Morgan fingerprint density at radius 2 is 1.86 bits per heavy atom. The number of hydrogen-bond acceptors (Lipinski definition) is 2. The number of rotatable bonds is 5. The van der Waals surface area contributed by atoms with Crippen LogP contribution in [0.2, 0.25) is 5.02 Å². The summed E-state index contributed by atoms with van der Waals surface area (Å²) in [6.45, 7) is 3.49. The van der Waals surface area contributed by atoms with Gasteiger partial charge in [-0.05, 0) is 49.7 Å². The summed E-state index contributed by atoms with van der Waals surface area (Å²) >= 11 is 5.87. The molecule has 116 valence electrons. The second kappa shape index (κ2) is 7.27. The fourth-order valence-electron chi connectivity index (χ4n) is 1.96. The van der Waals surface area contributed by atoms with Crippen LogP contribution in [0.15, 0.2) is 48.5 Å². The number of hydrogen-bond donors (Lipinski definition) is 1. The predicted molar refractivity (Wildman–Crippen MR) is 84.5 cm³/mol. The normalized spacial score (nSPS) is 13.3. The molecule has 0 spiro atoms. The summed E-state index contributed by atoms with van der Waals surface area (Å²) in [6.07, 6.45) is -0.665. The van der Waals surface area contributed by atoms with E-state index in [4.69, 9.17) is 16.3 Å². The molecule has 22 heavy (non-hydrogen) atoms. The Hall–Kier alpha value is -2.07. The maximum absolute atomic E-state index is 12.9. The Morgan fingerprint density at radius 1 is 1.18 bits per heavy atom. The molecule has 0 saturated carbocycles. The molecule has 0 radical (unpaired) electrons. The molecule has 2 rings (SSSR count). The van der Waals surface area contributed by atoms with Gasteiger partial charge in [-0.1, -0.05) is 29.8 Å². The molecule has 0 aliphatic heterocycles. The molecule has 3 nitrogen and oxygen atoms in total. The Bertz CT molecular complexity index is 645. The van der Waals surface area contributed by atoms with E-state index in [1.165, 1.54) is 12.1 Å². The van der Waals surface area contributed by atoms with Gasteiger partial charge in [-0.15, -0.1) is 0 Å². The van der Waals surface area contributed by atoms with Gasteiger partial charge in [-0.25, -0.2) is 4.39 Å². The summed E-state index contributed by atoms with van der Waals surface area (Å²) in [5, 5.41) is 3.38. The van der Waals surface area contributed by atoms with Crippen molar-refractivity contribution in [2.45, 2.75) is 26.0 Å². The lowest BCUT2D eigenvalue weighted by atomic mass is 10.1. The van der Waals surface area contributed by atoms with E-state index in [0.29, 0.717) is 10.8 Å². The van der Waals surface area contributed by atoms with Crippen LogP contribution >= 0.6 is 11.6 Å². The zero-order chi connectivity index (χ0) is 16.1. The molecule has 5 heteroatoms. The first-order chi connectivity index (χ1) is 10.5. The van der Waals surface area contributed by atoms with Gasteiger partial charge in [0.2, 0.25) is 0 Å². The molecule has 0 aliphatic rings. The van der Waals surface area contributed by atoms with Crippen molar-refractivity contribution in [3.05, 3.63) is 64.9 Å². The summed E-state index contributed by atoms with van der Waals surface area (Å²) < 4.78 is 18.5. The molecule has 2 aromatic rings. The highest BCUT2D eigenvalue weighted by molar-refractivity contribution is 6.30. The van der Waals surface area contributed by atoms with Gasteiger partial charge in [-0.2, -0.15) is 0 Å². The summed E-state index contributed by atoms with van der Waals surface area (Å²) in [4.78, 5) is 12.1. The van der Waals surface area contributed by atoms with E-state index >= 15 is 0 Å². The summed E-state index contributed by atoms with van der Waals surface area (Å²) in [5.74, 6) is -0.0266. The number of nitrogens with one attached hydrogen (secondary N) is 1. The topological polar surface area (TPSA) is 38.3 Å². The monoisotopic (exact) mass is 321 g/mol. The highest BCUT2D eigenvalue weighted by atomic mass is 35.5. The van der Waals surface area contributed by atoms with E-state index in [9.17, 15) is 9.18 Å². The van der Waals surface area contributed by atoms with Gasteiger partial charge in [-0.3, -0.25) is 4.79 Å². The van der Waals surface area contributed by atoms with Crippen LogP contribution in [0.5, 0.6) is 5.75 Å². The molecular formula is C17H17ClFNO2. The van der Waals surface area contributed by atoms with Gasteiger partial charge in [0.25, 0.3) is 5.91 Å². The van der Waals surface area contributed by atoms with Crippen LogP contribution in [0.4, 0.5) is 4.39 Å². The first-order valence-corrected chi connectivity index (χ1v) is 7.31. The first kappa shape index (κ1) is 16.3. The number of carbonyl (C=O) groups is 1. The van der Waals surface area contributed by atoms with Gasteiger partial charge in [0, 0.05) is 5.02 Å². The van der Waals surface area contributed by atoms with E-state index in [2.05, 4.69) is 5.32 Å². The van der Waals surface area contributed by atoms with Crippen molar-refractivity contribution in [1.29, 1.82) is 0 Å². The van der Waals surface area contributed by atoms with Crippen molar-refractivity contribution in [2.75, 3.05) is 0 Å². The Balaban J connectivity index is 1.94. The van der Waals surface area contributed by atoms with Crippen LogP contribution in [0, 0.1) is 5.82 Å². The van der Waals surface area contributed by atoms with Crippen molar-refractivity contribution in [3.8, 4) is 5.75 Å². The fourth-order valence-corrected chi connectivity index (χ4v) is 2.14. The molecule has 2 aromatic carbocycles. The van der Waals surface area contributed by atoms with E-state index in [1.807, 2.05) is 6.92 Å². The second-order valence-electron chi connectivity index (χ2n) is 5.00. The molecule has 0 unspecified atom stereocenters. The quantitative estimate of drug-likeness (QED) is 0.899. The zero-order valence-corrected chi connectivity index (χ0v) is 13.1. The summed E-state index contributed by atoms with van der Waals surface area (Å²) in [6, 6.07) is 12.6. The Labute approximate surface area is 134 Å². The van der Waals surface area contributed by atoms with Crippen molar-refractivity contribution in [3.63, 3.8) is 0 Å². The summed E-state index contributed by atoms with van der Waals surface area (Å²) in [7, 11) is 0. The number of benzene rings is 2. The third-order valence-electron chi connectivity index (χ3n) is 3.21. The largest absolute Gasteiger partial charge is 0.481 e. The predicted octanol–water partition coefficient (Wildman–Crippen LogP) is 4.12. The minimum absolute atomic E-state index is 0.237. The van der Waals surface area contributed by atoms with E-state index in [-0.39, 0.29) is 17.8 Å². The number of halogens is 2. The van der Waals surface area contributed by atoms with Crippen LogP contribution in [0.25, 0.3) is 0 Å². The van der Waals surface area contributed by atoms with Crippen molar-refractivity contribution >= 4 is 17.5 Å². The average molecular weight is 322 g/mol. The molecule has 0 heterocycles. The smallest absolute Gasteiger partial charge is 0.261 e. The van der Waals surface area contributed by atoms with Crippen molar-refractivity contribution in [1.82, 2.24) is 5.32 Å². The van der Waals surface area contributed by atoms with Crippen LogP contribution < -0.4 is 10.1 Å². The van der Waals surface area contributed by atoms with E-state index < -0.39 is 6.10 Å². The van der Waals surface area contributed by atoms with Crippen molar-refractivity contribution in [2.24, 2.45) is 0 Å². The van der Waals surface area contributed by atoms with Gasteiger partial charge in [0.15, 0.2) is 6.10 Å². The Kier molecular flexibility index (Phi) is 5.39. The maximum atomic E-state index is 12.9. The number of carbonyl (C=O) groups excluding carboxylic acids is 1. The Morgan fingerprint density at radius 3 is 2.50 bits per heavy atom. The zero-order valence-electron chi connectivity index (χ0n) is 12.3. The molecule has 0 saturated heterocycles. The SMILES string of the molecule is C[C@@H](Oc1cccc(Cl)c1)C(=O)N[C@H](C)c1ccc(F)cc1. The van der Waals surface area contributed by atoms with Crippen molar-refractivity contribution < 1.29 is 13.9 Å². The summed E-state index contributed by atoms with van der Waals surface area (Å²) in [5.41, 5.74) is 0.824. The standard InChI is InChI=1S/C17H17ClFNO2/c1-11(13-6-8-15(19)9-7-13)20-17(21)12(2)22-16-5-3-4-14(18)10-16/h3-12H,1-2H3,(H,20,21)/t11-,12-/m1/s1. The number of ether oxygens (including phenoxy) is 1. The molecule has 2 atom stereocenters. The third kappa shape index (κ3) is 4.46. The van der Waals surface area contributed by atoms with Gasteiger partial charge in [0.05, 0.1) is 6.04 Å². The third-order valence-corrected chi connectivity index (χ3v) is 3.44. The van der Waals surface area contributed by atoms with Crippen LogP contribution in [-0.4, -0.2) is 12.0 Å². The second-order valence-corrected chi connectivity index (χ2v) is 5.44. The first-order valence-electron chi connectivity index (χ1n) is 6.94. The highest BCUT2D eigenvalue weighted by Gasteiger charge is 2.17. The van der Waals surface area contributed by atoms with Gasteiger partial charge < -0.3 is 10.1 Å². The lowest BCUT2D eigenvalue weighted by Crippen LogP contribution is -2.37.